The van der Waals surface area contributed by atoms with Crippen LogP contribution in [-0.2, 0) is 40.3 Å². The van der Waals surface area contributed by atoms with E-state index in [0.29, 0.717) is 38.2 Å². The van der Waals surface area contributed by atoms with E-state index in [9.17, 15) is 14.7 Å². The SMILES string of the molecule is C.CC(C)(N)C(=O)N[C@H](COCc1ccccc1)c1nnc2n1CC(Cc1ccccc1)(C(=O)NCCO)CC2. The van der Waals surface area contributed by atoms with Crippen molar-refractivity contribution in [3.63, 3.8) is 0 Å². The zero-order valence-corrected chi connectivity index (χ0v) is 22.6. The number of hydrogen-bond donors (Lipinski definition) is 4. The van der Waals surface area contributed by atoms with Crippen LogP contribution in [0.5, 0.6) is 0 Å². The Kier molecular flexibility index (Phi) is 10.6. The van der Waals surface area contributed by atoms with Crippen LogP contribution in [0.1, 0.15) is 56.5 Å². The zero-order valence-electron chi connectivity index (χ0n) is 22.6. The van der Waals surface area contributed by atoms with Gasteiger partial charge in [0.15, 0.2) is 5.82 Å². The molecular weight excluding hydrogens is 508 g/mol. The van der Waals surface area contributed by atoms with E-state index in [4.69, 9.17) is 10.5 Å². The first kappa shape index (κ1) is 30.9. The van der Waals surface area contributed by atoms with Gasteiger partial charge in [0.1, 0.15) is 11.9 Å². The second-order valence-corrected chi connectivity index (χ2v) is 10.7. The Hall–Kier alpha value is -3.60. The first-order valence-electron chi connectivity index (χ1n) is 13.3. The number of aryl methyl sites for hydroxylation is 1. The number of aromatic nitrogens is 3. The van der Waals surface area contributed by atoms with Crippen molar-refractivity contribution in [2.45, 2.75) is 65.3 Å². The van der Waals surface area contributed by atoms with E-state index < -0.39 is 17.0 Å². The summed E-state index contributed by atoms with van der Waals surface area (Å²) >= 11 is 0. The van der Waals surface area contributed by atoms with Crippen LogP contribution in [0.3, 0.4) is 0 Å². The number of fused-ring (bicyclic) bond motifs is 1. The number of ether oxygens (including phenoxy) is 1. The summed E-state index contributed by atoms with van der Waals surface area (Å²) in [6.07, 6.45) is 1.63. The number of nitrogens with zero attached hydrogens (tertiary/aromatic N) is 3. The third kappa shape index (κ3) is 7.53. The van der Waals surface area contributed by atoms with Crippen molar-refractivity contribution in [1.29, 1.82) is 0 Å². The van der Waals surface area contributed by atoms with Crippen molar-refractivity contribution in [3.05, 3.63) is 83.4 Å². The number of aliphatic hydroxyl groups excluding tert-OH is 1. The minimum Gasteiger partial charge on any atom is -0.395 e. The predicted octanol–water partition coefficient (Wildman–Crippen LogP) is 2.31. The summed E-state index contributed by atoms with van der Waals surface area (Å²) in [5.74, 6) is 0.788. The molecule has 0 saturated heterocycles. The molecule has 0 bridgehead atoms. The van der Waals surface area contributed by atoms with Gasteiger partial charge >= 0.3 is 0 Å². The largest absolute Gasteiger partial charge is 0.395 e. The van der Waals surface area contributed by atoms with Crippen LogP contribution in [0.4, 0.5) is 0 Å². The van der Waals surface area contributed by atoms with Gasteiger partial charge in [0.25, 0.3) is 0 Å². The lowest BCUT2D eigenvalue weighted by Crippen LogP contribution is -2.52. The Labute approximate surface area is 236 Å². The average molecular weight is 551 g/mol. The second-order valence-electron chi connectivity index (χ2n) is 10.7. The maximum atomic E-state index is 13.5. The van der Waals surface area contributed by atoms with Crippen LogP contribution < -0.4 is 16.4 Å². The number of nitrogens with two attached hydrogens (primary N) is 1. The summed E-state index contributed by atoms with van der Waals surface area (Å²) in [5, 5.41) is 24.1. The number of rotatable bonds is 12. The van der Waals surface area contributed by atoms with Crippen molar-refractivity contribution in [3.8, 4) is 0 Å². The molecule has 3 aromatic rings. The van der Waals surface area contributed by atoms with E-state index in [-0.39, 0.29) is 39.0 Å². The van der Waals surface area contributed by atoms with Gasteiger partial charge < -0.3 is 30.8 Å². The van der Waals surface area contributed by atoms with E-state index in [0.717, 1.165) is 17.0 Å². The summed E-state index contributed by atoms with van der Waals surface area (Å²) in [5.41, 5.74) is 6.24. The normalized spacial score (nSPS) is 17.3. The molecule has 0 radical (unpaired) electrons. The van der Waals surface area contributed by atoms with Crippen molar-refractivity contribution in [2.75, 3.05) is 19.8 Å². The van der Waals surface area contributed by atoms with Crippen LogP contribution in [0.2, 0.25) is 0 Å². The summed E-state index contributed by atoms with van der Waals surface area (Å²) in [6, 6.07) is 19.0. The van der Waals surface area contributed by atoms with Crippen LogP contribution >= 0.6 is 0 Å². The van der Waals surface area contributed by atoms with Gasteiger partial charge in [0.2, 0.25) is 11.8 Å². The van der Waals surface area contributed by atoms with Gasteiger partial charge in [-0.3, -0.25) is 9.59 Å². The molecule has 2 aromatic carbocycles. The van der Waals surface area contributed by atoms with Crippen LogP contribution in [0, 0.1) is 5.41 Å². The fourth-order valence-corrected chi connectivity index (χ4v) is 4.84. The lowest BCUT2D eigenvalue weighted by Gasteiger charge is -2.37. The monoisotopic (exact) mass is 550 g/mol. The topological polar surface area (TPSA) is 144 Å². The van der Waals surface area contributed by atoms with E-state index in [1.807, 2.05) is 65.2 Å². The number of carbonyl (C=O) groups is 2. The third-order valence-electron chi connectivity index (χ3n) is 7.01. The minimum absolute atomic E-state index is 0. The second kappa shape index (κ2) is 13.6. The minimum atomic E-state index is -1.11. The van der Waals surface area contributed by atoms with Crippen molar-refractivity contribution < 1.29 is 19.4 Å². The fourth-order valence-electron chi connectivity index (χ4n) is 4.84. The van der Waals surface area contributed by atoms with Gasteiger partial charge in [-0.05, 0) is 37.8 Å². The van der Waals surface area contributed by atoms with Gasteiger partial charge in [-0.15, -0.1) is 10.2 Å². The lowest BCUT2D eigenvalue weighted by atomic mass is 9.74. The molecule has 216 valence electrons. The smallest absolute Gasteiger partial charge is 0.240 e. The summed E-state index contributed by atoms with van der Waals surface area (Å²) in [6.45, 7) is 4.15. The number of aliphatic hydroxyl groups is 1. The molecule has 1 aliphatic heterocycles. The zero-order chi connectivity index (χ0) is 27.9. The number of amides is 2. The Morgan fingerprint density at radius 3 is 2.38 bits per heavy atom. The molecule has 1 aliphatic rings. The molecule has 1 unspecified atom stereocenters. The maximum absolute atomic E-state index is 13.5. The highest BCUT2D eigenvalue weighted by Gasteiger charge is 2.43. The van der Waals surface area contributed by atoms with E-state index in [2.05, 4.69) is 20.8 Å². The Morgan fingerprint density at radius 1 is 1.10 bits per heavy atom. The molecule has 40 heavy (non-hydrogen) atoms. The number of hydrogen-bond acceptors (Lipinski definition) is 7. The van der Waals surface area contributed by atoms with Gasteiger partial charge in [0, 0.05) is 19.5 Å². The molecule has 10 nitrogen and oxygen atoms in total. The van der Waals surface area contributed by atoms with Gasteiger partial charge in [-0.1, -0.05) is 68.1 Å². The number of carbonyl (C=O) groups excluding carboxylic acids is 2. The molecule has 1 aromatic heterocycles. The van der Waals surface area contributed by atoms with E-state index in [1.54, 1.807) is 13.8 Å². The lowest BCUT2D eigenvalue weighted by molar-refractivity contribution is -0.133. The molecule has 0 fully saturated rings. The maximum Gasteiger partial charge on any atom is 0.240 e. The predicted molar refractivity (Wildman–Crippen MR) is 153 cm³/mol. The van der Waals surface area contributed by atoms with Crippen LogP contribution in [0.15, 0.2) is 60.7 Å². The summed E-state index contributed by atoms with van der Waals surface area (Å²) in [4.78, 5) is 26.5. The van der Waals surface area contributed by atoms with Gasteiger partial charge in [0.05, 0.1) is 30.8 Å². The highest BCUT2D eigenvalue weighted by Crippen LogP contribution is 2.37. The highest BCUT2D eigenvalue weighted by atomic mass is 16.5. The highest BCUT2D eigenvalue weighted by molar-refractivity contribution is 5.85. The molecule has 0 aliphatic carbocycles. The number of benzene rings is 2. The molecule has 0 spiro atoms. The standard InChI is InChI=1S/C29H38N6O4.CH4/c1-28(2,30)26(37)32-23(19-39-18-22-11-7-4-8-12-22)25-34-33-24-13-14-29(20-35(24)25,27(38)31-15-16-36)17-21-9-5-3-6-10-21;/h3-12,23,36H,13-20,30H2,1-2H3,(H,31,38)(H,32,37);1H4/t23-,29?;/m1./s1. The molecule has 4 rings (SSSR count). The van der Waals surface area contributed by atoms with Gasteiger partial charge in [-0.2, -0.15) is 0 Å². The van der Waals surface area contributed by atoms with Crippen molar-refractivity contribution in [2.24, 2.45) is 11.1 Å². The first-order valence-corrected chi connectivity index (χ1v) is 13.3. The van der Waals surface area contributed by atoms with Crippen molar-refractivity contribution in [1.82, 2.24) is 25.4 Å². The van der Waals surface area contributed by atoms with E-state index >= 15 is 0 Å². The molecular formula is C30H42N6O4. The van der Waals surface area contributed by atoms with E-state index in [1.165, 1.54) is 0 Å². The summed E-state index contributed by atoms with van der Waals surface area (Å²) < 4.78 is 7.95. The summed E-state index contributed by atoms with van der Waals surface area (Å²) in [7, 11) is 0. The third-order valence-corrected chi connectivity index (χ3v) is 7.01. The molecule has 5 N–H and O–H groups in total. The molecule has 2 atom stereocenters. The average Bonchev–Trinajstić information content (AvgIpc) is 3.34. The Bertz CT molecular complexity index is 1240. The first-order chi connectivity index (χ1) is 18.7. The van der Waals surface area contributed by atoms with Gasteiger partial charge in [-0.25, -0.2) is 0 Å². The molecule has 2 amide bonds. The Balaban J connectivity index is 0.00000441. The molecule has 0 saturated carbocycles. The van der Waals surface area contributed by atoms with Crippen molar-refractivity contribution >= 4 is 11.8 Å². The van der Waals surface area contributed by atoms with Crippen LogP contribution in [0.25, 0.3) is 0 Å². The number of nitrogens with one attached hydrogen (secondary N) is 2. The molecule has 2 heterocycles. The quantitative estimate of drug-likeness (QED) is 0.271. The van der Waals surface area contributed by atoms with Crippen LogP contribution in [-0.4, -0.2) is 57.0 Å². The molecule has 10 heteroatoms. The fraction of sp³-hybridized carbons (Fsp3) is 0.467. The Morgan fingerprint density at radius 2 is 1.75 bits per heavy atom.